The molecule has 280 valence electrons. The molecular weight excluding hydrogens is 670 g/mol. The van der Waals surface area contributed by atoms with Gasteiger partial charge in [-0.25, -0.2) is 0 Å². The topological polar surface area (TPSA) is 217 Å². The van der Waals surface area contributed by atoms with Gasteiger partial charge in [-0.05, 0) is 75.6 Å². The molecule has 5 N–H and O–H groups in total. The summed E-state index contributed by atoms with van der Waals surface area (Å²) >= 11 is 0. The number of carbonyl (C=O) groups is 5. The molecule has 1 aliphatic heterocycles. The Bertz CT molecular complexity index is 1720. The molecule has 0 aliphatic carbocycles. The number of benzene rings is 1. The predicted octanol–water partition coefficient (Wildman–Crippen LogP) is 3.77. The number of pyridine rings is 1. The third kappa shape index (κ3) is 10.4. The molecule has 0 saturated carbocycles. The highest BCUT2D eigenvalue weighted by Crippen LogP contribution is 2.28. The average molecular weight is 720 g/mol. The molecular formula is C37H49N7O8. The lowest BCUT2D eigenvalue weighted by molar-refractivity contribution is -0.142. The van der Waals surface area contributed by atoms with Crippen molar-refractivity contribution in [2.75, 3.05) is 6.54 Å². The highest BCUT2D eigenvalue weighted by Gasteiger charge is 2.40. The maximum atomic E-state index is 13.8. The highest BCUT2D eigenvalue weighted by molar-refractivity contribution is 6.00. The van der Waals surface area contributed by atoms with Crippen molar-refractivity contribution in [2.45, 2.75) is 104 Å². The van der Waals surface area contributed by atoms with Gasteiger partial charge in [0.2, 0.25) is 29.4 Å². The van der Waals surface area contributed by atoms with E-state index in [-0.39, 0.29) is 64.8 Å². The number of rotatable bonds is 16. The fourth-order valence-electron chi connectivity index (χ4n) is 6.10. The molecule has 3 aromatic rings. The summed E-state index contributed by atoms with van der Waals surface area (Å²) in [6.07, 6.45) is 4.54. The monoisotopic (exact) mass is 719 g/mol. The first kappa shape index (κ1) is 39.4. The molecule has 52 heavy (non-hydrogen) atoms. The van der Waals surface area contributed by atoms with E-state index in [0.717, 1.165) is 6.07 Å². The van der Waals surface area contributed by atoms with Crippen molar-refractivity contribution in [2.24, 2.45) is 11.8 Å². The molecule has 3 heterocycles. The van der Waals surface area contributed by atoms with Crippen LogP contribution in [0.15, 0.2) is 47.0 Å². The van der Waals surface area contributed by atoms with Crippen LogP contribution in [-0.2, 0) is 14.4 Å². The number of Topliss-reactive ketones (excluding diaryl/α,β-unsaturated/α-hetero) is 1. The van der Waals surface area contributed by atoms with Crippen molar-refractivity contribution in [3.63, 3.8) is 0 Å². The summed E-state index contributed by atoms with van der Waals surface area (Å²) < 4.78 is 5.55. The zero-order valence-electron chi connectivity index (χ0n) is 30.5. The maximum absolute atomic E-state index is 13.8. The van der Waals surface area contributed by atoms with Gasteiger partial charge in [-0.1, -0.05) is 40.2 Å². The SMILES string of the molecule is CC(C)C(NC(=O)[C@@H]1CCCN1C(=O)C(NC(=O)CCCCC(C)(C)NC(=O)c1ccccn1)C(C)C)C(=O)c1nnc(-c2cc(O)cc(O)c2)o1. The van der Waals surface area contributed by atoms with E-state index in [4.69, 9.17) is 4.42 Å². The second-order valence-corrected chi connectivity index (χ2v) is 14.5. The summed E-state index contributed by atoms with van der Waals surface area (Å²) in [7, 11) is 0. The van der Waals surface area contributed by atoms with E-state index in [1.807, 2.05) is 27.7 Å². The number of phenolic OH excluding ortho intramolecular Hbond substituents is 2. The zero-order valence-corrected chi connectivity index (χ0v) is 30.5. The number of likely N-dealkylation sites (tertiary alicyclic amines) is 1. The van der Waals surface area contributed by atoms with Crippen LogP contribution >= 0.6 is 0 Å². The largest absolute Gasteiger partial charge is 0.508 e. The van der Waals surface area contributed by atoms with Gasteiger partial charge < -0.3 is 35.5 Å². The average Bonchev–Trinajstić information content (AvgIpc) is 3.78. The zero-order chi connectivity index (χ0) is 38.2. The van der Waals surface area contributed by atoms with Crippen LogP contribution in [0.4, 0.5) is 0 Å². The Hall–Kier alpha value is -5.34. The number of aromatic nitrogens is 3. The Balaban J connectivity index is 1.32. The van der Waals surface area contributed by atoms with Crippen molar-refractivity contribution >= 4 is 29.4 Å². The number of nitrogens with one attached hydrogen (secondary N) is 3. The fourth-order valence-corrected chi connectivity index (χ4v) is 6.10. The summed E-state index contributed by atoms with van der Waals surface area (Å²) in [5.74, 6) is -3.64. The van der Waals surface area contributed by atoms with Gasteiger partial charge in [-0.3, -0.25) is 29.0 Å². The van der Waals surface area contributed by atoms with Gasteiger partial charge in [0.15, 0.2) is 0 Å². The summed E-state index contributed by atoms with van der Waals surface area (Å²) in [5, 5.41) is 35.9. The van der Waals surface area contributed by atoms with Crippen LogP contribution in [0, 0.1) is 11.8 Å². The number of amides is 4. The Morgan fingerprint density at radius 3 is 2.27 bits per heavy atom. The first-order chi connectivity index (χ1) is 24.6. The summed E-state index contributed by atoms with van der Waals surface area (Å²) in [4.78, 5) is 72.0. The second kappa shape index (κ2) is 17.2. The molecule has 1 fully saturated rings. The standard InChI is InChI=1S/C37H49N7O8/c1-21(2)29(31(48)35-43-42-34(52-35)23-18-24(45)20-25(46)19-23)40-33(50)27-13-11-17-44(27)36(51)30(22(3)4)39-28(47)14-7-9-15-37(5,6)41-32(49)26-12-8-10-16-38-26/h8,10,12,16,18-22,27,29-30,45-46H,7,9,11,13-15,17H2,1-6H3,(H,39,47)(H,40,50)(H,41,49)/t27-,29?,30?/m0/s1. The number of aromatic hydroxyl groups is 2. The van der Waals surface area contributed by atoms with E-state index in [2.05, 4.69) is 31.1 Å². The first-order valence-electron chi connectivity index (χ1n) is 17.6. The van der Waals surface area contributed by atoms with E-state index in [9.17, 15) is 34.2 Å². The van der Waals surface area contributed by atoms with Gasteiger partial charge in [0, 0.05) is 36.3 Å². The van der Waals surface area contributed by atoms with E-state index in [0.29, 0.717) is 44.3 Å². The molecule has 0 bridgehead atoms. The molecule has 0 radical (unpaired) electrons. The van der Waals surface area contributed by atoms with Crippen molar-refractivity contribution in [1.82, 2.24) is 36.0 Å². The van der Waals surface area contributed by atoms with Crippen LogP contribution in [0.25, 0.3) is 11.5 Å². The van der Waals surface area contributed by atoms with Crippen LogP contribution in [0.1, 0.15) is 101 Å². The van der Waals surface area contributed by atoms with Crippen LogP contribution in [0.5, 0.6) is 11.5 Å². The summed E-state index contributed by atoms with van der Waals surface area (Å²) in [6, 6.07) is 6.08. The van der Waals surface area contributed by atoms with Crippen LogP contribution in [-0.4, -0.2) is 89.9 Å². The minimum atomic E-state index is -1.05. The highest BCUT2D eigenvalue weighted by atomic mass is 16.4. The molecule has 1 aliphatic rings. The molecule has 1 saturated heterocycles. The van der Waals surface area contributed by atoms with Crippen molar-refractivity contribution < 1.29 is 38.6 Å². The van der Waals surface area contributed by atoms with Gasteiger partial charge in [0.1, 0.15) is 29.3 Å². The Morgan fingerprint density at radius 1 is 0.942 bits per heavy atom. The molecule has 3 atom stereocenters. The number of unbranched alkanes of at least 4 members (excludes halogenated alkanes) is 1. The van der Waals surface area contributed by atoms with Gasteiger partial charge >= 0.3 is 0 Å². The molecule has 2 aromatic heterocycles. The van der Waals surface area contributed by atoms with E-state index >= 15 is 0 Å². The van der Waals surface area contributed by atoms with Crippen LogP contribution < -0.4 is 16.0 Å². The minimum Gasteiger partial charge on any atom is -0.508 e. The van der Waals surface area contributed by atoms with Crippen molar-refractivity contribution in [1.29, 1.82) is 0 Å². The van der Waals surface area contributed by atoms with E-state index < -0.39 is 35.4 Å². The summed E-state index contributed by atoms with van der Waals surface area (Å²) in [5.41, 5.74) is 0.0172. The van der Waals surface area contributed by atoms with Gasteiger partial charge in [-0.2, -0.15) is 0 Å². The van der Waals surface area contributed by atoms with E-state index in [1.165, 1.54) is 17.0 Å². The quantitative estimate of drug-likeness (QED) is 0.106. The Morgan fingerprint density at radius 2 is 1.63 bits per heavy atom. The molecule has 2 unspecified atom stereocenters. The molecule has 4 amide bonds. The number of ketones is 1. The van der Waals surface area contributed by atoms with Crippen LogP contribution in [0.2, 0.25) is 0 Å². The van der Waals surface area contributed by atoms with Crippen LogP contribution in [0.3, 0.4) is 0 Å². The number of hydrogen-bond acceptors (Lipinski definition) is 11. The molecule has 15 heteroatoms. The minimum absolute atomic E-state index is 0.105. The second-order valence-electron chi connectivity index (χ2n) is 14.5. The van der Waals surface area contributed by atoms with E-state index in [1.54, 1.807) is 38.2 Å². The third-order valence-electron chi connectivity index (χ3n) is 8.92. The van der Waals surface area contributed by atoms with Gasteiger partial charge in [0.05, 0.1) is 6.04 Å². The fraction of sp³-hybridized carbons (Fsp3) is 0.514. The Labute approximate surface area is 303 Å². The van der Waals surface area contributed by atoms with Crippen molar-refractivity contribution in [3.05, 3.63) is 54.2 Å². The predicted molar refractivity (Wildman–Crippen MR) is 190 cm³/mol. The van der Waals surface area contributed by atoms with Crippen molar-refractivity contribution in [3.8, 4) is 23.0 Å². The number of nitrogens with zero attached hydrogens (tertiary/aromatic N) is 4. The lowest BCUT2D eigenvalue weighted by Gasteiger charge is -2.31. The number of hydrogen-bond donors (Lipinski definition) is 5. The molecule has 15 nitrogen and oxygen atoms in total. The lowest BCUT2D eigenvalue weighted by atomic mass is 9.96. The molecule has 1 aromatic carbocycles. The molecule has 0 spiro atoms. The lowest BCUT2D eigenvalue weighted by Crippen LogP contribution is -2.57. The maximum Gasteiger partial charge on any atom is 0.286 e. The number of carbonyl (C=O) groups excluding carboxylic acids is 5. The van der Waals surface area contributed by atoms with Gasteiger partial charge in [0.25, 0.3) is 11.8 Å². The molecule has 4 rings (SSSR count). The number of phenols is 2. The normalized spacial score (nSPS) is 15.7. The smallest absolute Gasteiger partial charge is 0.286 e. The first-order valence-corrected chi connectivity index (χ1v) is 17.6. The Kier molecular flexibility index (Phi) is 13.1. The third-order valence-corrected chi connectivity index (χ3v) is 8.92. The van der Waals surface area contributed by atoms with Gasteiger partial charge in [-0.15, -0.1) is 10.2 Å². The summed E-state index contributed by atoms with van der Waals surface area (Å²) in [6.45, 7) is 11.3.